The summed E-state index contributed by atoms with van der Waals surface area (Å²) in [5.41, 5.74) is 2.37. The van der Waals surface area contributed by atoms with Crippen LogP contribution in [0, 0.1) is 12.8 Å². The molecule has 0 radical (unpaired) electrons. The first-order valence-corrected chi connectivity index (χ1v) is 6.00. The molecule has 1 aromatic rings. The number of methoxy groups -OCH3 is 1. The van der Waals surface area contributed by atoms with E-state index in [1.807, 2.05) is 0 Å². The van der Waals surface area contributed by atoms with Gasteiger partial charge in [0.2, 0.25) is 0 Å². The molecule has 0 saturated carbocycles. The minimum Gasteiger partial charge on any atom is -0.469 e. The molecule has 0 N–H and O–H groups in total. The number of aryl methyl sites for hydroxylation is 1. The molecule has 1 aliphatic rings. The van der Waals surface area contributed by atoms with Crippen molar-refractivity contribution in [2.24, 2.45) is 5.92 Å². The molecule has 0 aromatic heterocycles. The van der Waals surface area contributed by atoms with Gasteiger partial charge in [-0.3, -0.25) is 4.79 Å². The normalized spacial score (nSPS) is 15.8. The summed E-state index contributed by atoms with van der Waals surface area (Å²) in [6.07, 6.45) is 0. The molecule has 3 nitrogen and oxygen atoms in total. The van der Waals surface area contributed by atoms with Crippen molar-refractivity contribution in [3.8, 4) is 0 Å². The Labute approximate surface area is 104 Å². The molecule has 4 heteroatoms. The highest BCUT2D eigenvalue weighted by Gasteiger charge is 2.33. The molecule has 0 aliphatic carbocycles. The van der Waals surface area contributed by atoms with Gasteiger partial charge in [0.15, 0.2) is 0 Å². The summed E-state index contributed by atoms with van der Waals surface area (Å²) < 4.78 is 5.81. The lowest BCUT2D eigenvalue weighted by Gasteiger charge is -2.39. The van der Waals surface area contributed by atoms with Crippen LogP contribution in [0.4, 0.5) is 5.69 Å². The molecule has 1 aromatic carbocycles. The van der Waals surface area contributed by atoms with E-state index in [9.17, 15) is 4.79 Å². The highest BCUT2D eigenvalue weighted by atomic mass is 79.9. The molecule has 0 atom stereocenters. The van der Waals surface area contributed by atoms with Crippen molar-refractivity contribution in [1.82, 2.24) is 0 Å². The summed E-state index contributed by atoms with van der Waals surface area (Å²) in [6.45, 7) is 3.56. The number of nitrogens with zero attached hydrogens (tertiary/aromatic N) is 1. The fourth-order valence-electron chi connectivity index (χ4n) is 1.78. The summed E-state index contributed by atoms with van der Waals surface area (Å²) in [5, 5.41) is 0. The van der Waals surface area contributed by atoms with Crippen LogP contribution < -0.4 is 4.90 Å². The fourth-order valence-corrected chi connectivity index (χ4v) is 2.15. The molecule has 0 bridgehead atoms. The number of benzene rings is 1. The average Bonchev–Trinajstić information content (AvgIpc) is 2.21. The zero-order valence-corrected chi connectivity index (χ0v) is 11.0. The molecule has 16 heavy (non-hydrogen) atoms. The first kappa shape index (κ1) is 11.5. The number of anilines is 1. The molecule has 0 spiro atoms. The summed E-state index contributed by atoms with van der Waals surface area (Å²) in [7, 11) is 1.44. The molecule has 1 fully saturated rings. The van der Waals surface area contributed by atoms with Crippen molar-refractivity contribution in [2.45, 2.75) is 6.92 Å². The third kappa shape index (κ3) is 2.07. The van der Waals surface area contributed by atoms with E-state index in [-0.39, 0.29) is 11.9 Å². The minimum atomic E-state index is -0.109. The third-order valence-electron chi connectivity index (χ3n) is 2.94. The summed E-state index contributed by atoms with van der Waals surface area (Å²) in [6, 6.07) is 6.24. The van der Waals surface area contributed by atoms with Crippen LogP contribution in [0.1, 0.15) is 5.56 Å². The summed E-state index contributed by atoms with van der Waals surface area (Å²) >= 11 is 3.51. The standard InChI is InChI=1S/C12H14BrNO2/c1-8-3-4-10(5-11(8)13)14-6-9(7-14)12(15)16-2/h3-5,9H,6-7H2,1-2H3. The summed E-state index contributed by atoms with van der Waals surface area (Å²) in [5.74, 6) is -0.0764. The Morgan fingerprint density at radius 3 is 2.75 bits per heavy atom. The van der Waals surface area contributed by atoms with E-state index in [4.69, 9.17) is 4.74 Å². The quantitative estimate of drug-likeness (QED) is 0.781. The molecular formula is C12H14BrNO2. The Hall–Kier alpha value is -1.03. The van der Waals surface area contributed by atoms with E-state index in [2.05, 4.69) is 46.0 Å². The lowest BCUT2D eigenvalue weighted by Crippen LogP contribution is -2.50. The van der Waals surface area contributed by atoms with Crippen LogP contribution in [-0.2, 0) is 9.53 Å². The highest BCUT2D eigenvalue weighted by Crippen LogP contribution is 2.29. The number of carbonyl (C=O) groups excluding carboxylic acids is 1. The van der Waals surface area contributed by atoms with Crippen LogP contribution in [0.2, 0.25) is 0 Å². The summed E-state index contributed by atoms with van der Waals surface area (Å²) in [4.78, 5) is 13.4. The average molecular weight is 284 g/mol. The first-order chi connectivity index (χ1) is 7.61. The number of hydrogen-bond donors (Lipinski definition) is 0. The fraction of sp³-hybridized carbons (Fsp3) is 0.417. The smallest absolute Gasteiger partial charge is 0.312 e. The number of esters is 1. The maximum Gasteiger partial charge on any atom is 0.312 e. The van der Waals surface area contributed by atoms with Gasteiger partial charge in [0.05, 0.1) is 13.0 Å². The molecule has 2 rings (SSSR count). The largest absolute Gasteiger partial charge is 0.469 e. The van der Waals surface area contributed by atoms with E-state index in [0.717, 1.165) is 23.2 Å². The second-order valence-corrected chi connectivity index (χ2v) is 4.91. The van der Waals surface area contributed by atoms with Gasteiger partial charge < -0.3 is 9.64 Å². The van der Waals surface area contributed by atoms with Gasteiger partial charge in [0.1, 0.15) is 0 Å². The van der Waals surface area contributed by atoms with Gasteiger partial charge in [-0.15, -0.1) is 0 Å². The molecule has 0 amide bonds. The topological polar surface area (TPSA) is 29.5 Å². The Morgan fingerprint density at radius 1 is 1.50 bits per heavy atom. The van der Waals surface area contributed by atoms with Crippen molar-refractivity contribution >= 4 is 27.6 Å². The predicted molar refractivity (Wildman–Crippen MR) is 66.6 cm³/mol. The van der Waals surface area contributed by atoms with Crippen molar-refractivity contribution < 1.29 is 9.53 Å². The van der Waals surface area contributed by atoms with Crippen LogP contribution in [0.3, 0.4) is 0 Å². The molecular weight excluding hydrogens is 270 g/mol. The number of hydrogen-bond acceptors (Lipinski definition) is 3. The van der Waals surface area contributed by atoms with Crippen molar-refractivity contribution in [2.75, 3.05) is 25.1 Å². The van der Waals surface area contributed by atoms with E-state index in [1.165, 1.54) is 12.7 Å². The van der Waals surface area contributed by atoms with Gasteiger partial charge in [-0.2, -0.15) is 0 Å². The first-order valence-electron chi connectivity index (χ1n) is 5.20. The SMILES string of the molecule is COC(=O)C1CN(c2ccc(C)c(Br)c2)C1. The third-order valence-corrected chi connectivity index (χ3v) is 3.79. The van der Waals surface area contributed by atoms with Gasteiger partial charge in [-0.1, -0.05) is 22.0 Å². The van der Waals surface area contributed by atoms with E-state index < -0.39 is 0 Å². The minimum absolute atomic E-state index is 0.0325. The lowest BCUT2D eigenvalue weighted by atomic mass is 9.99. The maximum atomic E-state index is 11.2. The number of ether oxygens (including phenoxy) is 1. The van der Waals surface area contributed by atoms with E-state index >= 15 is 0 Å². The Balaban J connectivity index is 2.01. The Kier molecular flexibility index (Phi) is 3.19. The molecule has 1 saturated heterocycles. The van der Waals surface area contributed by atoms with Crippen LogP contribution in [0.25, 0.3) is 0 Å². The molecule has 1 heterocycles. The van der Waals surface area contributed by atoms with Crippen LogP contribution >= 0.6 is 15.9 Å². The van der Waals surface area contributed by atoms with Gasteiger partial charge >= 0.3 is 5.97 Å². The van der Waals surface area contributed by atoms with Crippen LogP contribution in [0.5, 0.6) is 0 Å². The van der Waals surface area contributed by atoms with Crippen LogP contribution in [0.15, 0.2) is 22.7 Å². The van der Waals surface area contributed by atoms with E-state index in [1.54, 1.807) is 0 Å². The number of halogens is 1. The molecule has 1 aliphatic heterocycles. The Bertz CT molecular complexity index is 413. The van der Waals surface area contributed by atoms with E-state index in [0.29, 0.717) is 0 Å². The van der Waals surface area contributed by atoms with Gasteiger partial charge in [-0.25, -0.2) is 0 Å². The zero-order chi connectivity index (χ0) is 11.7. The van der Waals surface area contributed by atoms with Crippen molar-refractivity contribution in [3.05, 3.63) is 28.2 Å². The number of carbonyl (C=O) groups is 1. The van der Waals surface area contributed by atoms with Crippen molar-refractivity contribution in [1.29, 1.82) is 0 Å². The Morgan fingerprint density at radius 2 is 2.19 bits per heavy atom. The predicted octanol–water partition coefficient (Wildman–Crippen LogP) is 2.37. The van der Waals surface area contributed by atoms with Crippen LogP contribution in [-0.4, -0.2) is 26.2 Å². The number of rotatable bonds is 2. The maximum absolute atomic E-state index is 11.2. The monoisotopic (exact) mass is 283 g/mol. The molecule has 86 valence electrons. The lowest BCUT2D eigenvalue weighted by molar-refractivity contribution is -0.146. The van der Waals surface area contributed by atoms with Gasteiger partial charge in [0, 0.05) is 23.2 Å². The zero-order valence-electron chi connectivity index (χ0n) is 9.37. The van der Waals surface area contributed by atoms with Crippen molar-refractivity contribution in [3.63, 3.8) is 0 Å². The highest BCUT2D eigenvalue weighted by molar-refractivity contribution is 9.10. The van der Waals surface area contributed by atoms with Gasteiger partial charge in [0.25, 0.3) is 0 Å². The van der Waals surface area contributed by atoms with Gasteiger partial charge in [-0.05, 0) is 24.6 Å². The molecule has 0 unspecified atom stereocenters. The second kappa shape index (κ2) is 4.45. The second-order valence-electron chi connectivity index (χ2n) is 4.06.